The minimum Gasteiger partial charge on any atom is -0.392 e. The largest absolute Gasteiger partial charge is 0.392 e. The smallest absolute Gasteiger partial charge is 0.293 e. The summed E-state index contributed by atoms with van der Waals surface area (Å²) in [5, 5.41) is 20.6. The average Bonchev–Trinajstić information content (AvgIpc) is 3.95. The summed E-state index contributed by atoms with van der Waals surface area (Å²) in [5.74, 6) is -1.28. The van der Waals surface area contributed by atoms with E-state index in [0.29, 0.717) is 33.9 Å². The molecule has 3 fully saturated rings. The van der Waals surface area contributed by atoms with Crippen molar-refractivity contribution in [2.75, 3.05) is 53.7 Å². The molecule has 4 aromatic rings. The zero-order valence-electron chi connectivity index (χ0n) is 29.7. The molecule has 5 heterocycles. The fraction of sp³-hybridized carbons (Fsp3) is 0.395. The molecular formula is C38H43FN8O5S. The summed E-state index contributed by atoms with van der Waals surface area (Å²) in [6.45, 7) is 9.32. The maximum atomic E-state index is 14.9. The number of aliphatic hydroxyl groups excluding tert-OH is 1. The van der Waals surface area contributed by atoms with Crippen LogP contribution in [0.25, 0.3) is 11.3 Å². The number of carbonyl (C=O) groups is 2. The number of aryl methyl sites for hydroxylation is 1. The standard InChI is InChI=1S/C38H43FN8O5S/c1-4-32(49)41-30-18-33(53-38(30)47-14-13-46(19-22(47)2)25-10-15-52-16-11-25)43-35-37(51)45(3)20-31(42-35)26-9-12-40-34(28(26)21-48)44-36(50)27-8-7-24(17-29(27)39)23-5-6-23/h4,7-9,12,17-18,20,22-23,25,48H,1,5-6,10-11,13-16,19,21H2,2-3H3,(H,41,49)(H,42,43)(H,40,44,50)/t22-/m0/s1. The molecule has 0 bridgehead atoms. The maximum Gasteiger partial charge on any atom is 0.293 e. The van der Waals surface area contributed by atoms with Crippen molar-refractivity contribution < 1.29 is 23.8 Å². The number of nitrogens with one attached hydrogen (secondary N) is 3. The Kier molecular flexibility index (Phi) is 10.7. The van der Waals surface area contributed by atoms with Gasteiger partial charge >= 0.3 is 0 Å². The number of amides is 2. The van der Waals surface area contributed by atoms with Crippen LogP contribution in [-0.2, 0) is 23.2 Å². The van der Waals surface area contributed by atoms with Gasteiger partial charge in [0, 0.05) is 75.5 Å². The number of piperazine rings is 1. The highest BCUT2D eigenvalue weighted by Crippen LogP contribution is 2.43. The van der Waals surface area contributed by atoms with Gasteiger partial charge in [0.05, 0.1) is 28.6 Å². The molecule has 1 aliphatic carbocycles. The van der Waals surface area contributed by atoms with Crippen molar-refractivity contribution in [3.05, 3.63) is 88.2 Å². The lowest BCUT2D eigenvalue weighted by Crippen LogP contribution is -2.55. The number of nitrogens with zero attached hydrogens (tertiary/aromatic N) is 5. The number of hydrogen-bond acceptors (Lipinski definition) is 11. The van der Waals surface area contributed by atoms with Crippen molar-refractivity contribution >= 4 is 50.5 Å². The summed E-state index contributed by atoms with van der Waals surface area (Å²) in [7, 11) is 1.59. The Bertz CT molecular complexity index is 2090. The van der Waals surface area contributed by atoms with E-state index >= 15 is 0 Å². The van der Waals surface area contributed by atoms with Crippen LogP contribution in [0.5, 0.6) is 0 Å². The number of aliphatic hydroxyl groups is 1. The number of aromatic nitrogens is 3. The molecular weight excluding hydrogens is 700 g/mol. The Labute approximate surface area is 310 Å². The van der Waals surface area contributed by atoms with Gasteiger partial charge in [-0.25, -0.2) is 14.4 Å². The van der Waals surface area contributed by atoms with Crippen LogP contribution in [-0.4, -0.2) is 81.3 Å². The summed E-state index contributed by atoms with van der Waals surface area (Å²) in [6.07, 6.45) is 8.24. The lowest BCUT2D eigenvalue weighted by atomic mass is 10.0. The molecule has 0 unspecified atom stereocenters. The fourth-order valence-electron chi connectivity index (χ4n) is 7.09. The Morgan fingerprint density at radius 2 is 1.91 bits per heavy atom. The number of pyridine rings is 1. The van der Waals surface area contributed by atoms with E-state index in [1.165, 1.54) is 46.5 Å². The number of anilines is 5. The predicted molar refractivity (Wildman–Crippen MR) is 204 cm³/mol. The number of halogens is 1. The zero-order chi connectivity index (χ0) is 37.2. The molecule has 15 heteroatoms. The van der Waals surface area contributed by atoms with Crippen molar-refractivity contribution in [1.29, 1.82) is 0 Å². The second-order valence-electron chi connectivity index (χ2n) is 13.7. The van der Waals surface area contributed by atoms with Crippen LogP contribution >= 0.6 is 11.3 Å². The van der Waals surface area contributed by atoms with Gasteiger partial charge < -0.3 is 35.3 Å². The number of rotatable bonds is 11. The molecule has 4 N–H and O–H groups in total. The van der Waals surface area contributed by atoms with Crippen molar-refractivity contribution in [1.82, 2.24) is 19.4 Å². The molecule has 3 aliphatic rings. The molecule has 278 valence electrons. The van der Waals surface area contributed by atoms with Crippen LogP contribution in [0, 0.1) is 5.82 Å². The Hall–Kier alpha value is -4.96. The number of benzene rings is 1. The van der Waals surface area contributed by atoms with Gasteiger partial charge in [0.1, 0.15) is 16.6 Å². The minimum absolute atomic E-state index is 0.0147. The van der Waals surface area contributed by atoms with Crippen LogP contribution < -0.4 is 26.4 Å². The predicted octanol–water partition coefficient (Wildman–Crippen LogP) is 5.22. The summed E-state index contributed by atoms with van der Waals surface area (Å²) in [4.78, 5) is 52.8. The Balaban J connectivity index is 1.15. The van der Waals surface area contributed by atoms with Crippen LogP contribution in [0.3, 0.4) is 0 Å². The highest BCUT2D eigenvalue weighted by molar-refractivity contribution is 7.20. The summed E-state index contributed by atoms with van der Waals surface area (Å²) in [5.41, 5.74) is 1.92. The molecule has 2 aliphatic heterocycles. The number of ether oxygens (including phenoxy) is 1. The Morgan fingerprint density at radius 3 is 2.60 bits per heavy atom. The van der Waals surface area contributed by atoms with E-state index in [1.54, 1.807) is 25.2 Å². The van der Waals surface area contributed by atoms with Gasteiger partial charge in [-0.1, -0.05) is 24.0 Å². The fourth-order valence-corrected chi connectivity index (χ4v) is 8.24. The van der Waals surface area contributed by atoms with E-state index < -0.39 is 23.9 Å². The molecule has 2 saturated heterocycles. The van der Waals surface area contributed by atoms with Crippen LogP contribution in [0.15, 0.2) is 60.2 Å². The first-order chi connectivity index (χ1) is 25.6. The molecule has 2 amide bonds. The van der Waals surface area contributed by atoms with Crippen LogP contribution in [0.1, 0.15) is 60.0 Å². The van der Waals surface area contributed by atoms with Crippen LogP contribution in [0.4, 0.5) is 31.7 Å². The molecule has 0 spiro atoms. The van der Waals surface area contributed by atoms with Crippen molar-refractivity contribution in [3.8, 4) is 11.3 Å². The van der Waals surface area contributed by atoms with Gasteiger partial charge in [-0.05, 0) is 74.4 Å². The van der Waals surface area contributed by atoms with E-state index in [1.807, 2.05) is 0 Å². The van der Waals surface area contributed by atoms with E-state index in [-0.39, 0.29) is 34.7 Å². The van der Waals surface area contributed by atoms with Crippen molar-refractivity contribution in [3.63, 3.8) is 0 Å². The lowest BCUT2D eigenvalue weighted by molar-refractivity contribution is -0.111. The third kappa shape index (κ3) is 7.88. The maximum absolute atomic E-state index is 14.9. The molecule has 1 aromatic carbocycles. The molecule has 53 heavy (non-hydrogen) atoms. The second kappa shape index (κ2) is 15.6. The van der Waals surface area contributed by atoms with E-state index in [0.717, 1.165) is 69.1 Å². The normalized spacial score (nSPS) is 18.1. The summed E-state index contributed by atoms with van der Waals surface area (Å²) < 4.78 is 21.9. The second-order valence-corrected chi connectivity index (χ2v) is 14.8. The number of hydrogen-bond donors (Lipinski definition) is 4. The van der Waals surface area contributed by atoms with Crippen LogP contribution in [0.2, 0.25) is 0 Å². The van der Waals surface area contributed by atoms with E-state index in [9.17, 15) is 23.9 Å². The molecule has 3 aromatic heterocycles. The first-order valence-corrected chi connectivity index (χ1v) is 18.7. The summed E-state index contributed by atoms with van der Waals surface area (Å²) in [6, 6.07) is 8.67. The molecule has 0 radical (unpaired) electrons. The molecule has 7 rings (SSSR count). The number of thiophene rings is 1. The average molecular weight is 743 g/mol. The van der Waals surface area contributed by atoms with E-state index in [2.05, 4.69) is 49.2 Å². The molecule has 1 atom stereocenters. The van der Waals surface area contributed by atoms with Crippen molar-refractivity contribution in [2.45, 2.75) is 57.2 Å². The first kappa shape index (κ1) is 36.4. The third-order valence-electron chi connectivity index (χ3n) is 10.1. The minimum atomic E-state index is -0.702. The van der Waals surface area contributed by atoms with Gasteiger partial charge in [-0.15, -0.1) is 0 Å². The van der Waals surface area contributed by atoms with Crippen molar-refractivity contribution in [2.24, 2.45) is 7.05 Å². The molecule has 1 saturated carbocycles. The van der Waals surface area contributed by atoms with E-state index in [4.69, 9.17) is 4.74 Å². The van der Waals surface area contributed by atoms with Gasteiger partial charge in [-0.2, -0.15) is 0 Å². The quantitative estimate of drug-likeness (QED) is 0.151. The summed E-state index contributed by atoms with van der Waals surface area (Å²) >= 11 is 1.40. The SMILES string of the molecule is C=CC(=O)Nc1cc(Nc2nc(-c3ccnc(NC(=O)c4ccc(C5CC5)cc4F)c3CO)cn(C)c2=O)sc1N1CCN(C2CCOCC2)C[C@@H]1C. The van der Waals surface area contributed by atoms with Gasteiger partial charge in [-0.3, -0.25) is 19.3 Å². The Morgan fingerprint density at radius 1 is 1.11 bits per heavy atom. The highest BCUT2D eigenvalue weighted by Gasteiger charge is 2.32. The number of carbonyl (C=O) groups excluding carboxylic acids is 2. The lowest BCUT2D eigenvalue weighted by Gasteiger charge is -2.45. The zero-order valence-corrected chi connectivity index (χ0v) is 30.5. The topological polar surface area (TPSA) is 154 Å². The highest BCUT2D eigenvalue weighted by atomic mass is 32.1. The van der Waals surface area contributed by atoms with Gasteiger partial charge in [0.25, 0.3) is 11.5 Å². The molecule has 13 nitrogen and oxygen atoms in total. The monoisotopic (exact) mass is 742 g/mol. The van der Waals surface area contributed by atoms with Gasteiger partial charge in [0.2, 0.25) is 5.91 Å². The first-order valence-electron chi connectivity index (χ1n) is 17.8. The van der Waals surface area contributed by atoms with Gasteiger partial charge in [0.15, 0.2) is 5.82 Å². The third-order valence-corrected chi connectivity index (χ3v) is 11.2.